The van der Waals surface area contributed by atoms with E-state index in [9.17, 15) is 0 Å². The SMILES string of the molecule is C/C(=C\C(C)C)c1cnc(C)n1C. The van der Waals surface area contributed by atoms with Gasteiger partial charge in [0.15, 0.2) is 0 Å². The summed E-state index contributed by atoms with van der Waals surface area (Å²) < 4.78 is 2.12. The molecule has 0 N–H and O–H groups in total. The lowest BCUT2D eigenvalue weighted by Gasteiger charge is -2.05. The van der Waals surface area contributed by atoms with Gasteiger partial charge in [0.2, 0.25) is 0 Å². The summed E-state index contributed by atoms with van der Waals surface area (Å²) in [6.07, 6.45) is 4.19. The first-order valence-corrected chi connectivity index (χ1v) is 4.69. The van der Waals surface area contributed by atoms with Crippen LogP contribution in [0, 0.1) is 12.8 Å². The number of rotatable bonds is 2. The smallest absolute Gasteiger partial charge is 0.105 e. The maximum Gasteiger partial charge on any atom is 0.105 e. The van der Waals surface area contributed by atoms with Crippen LogP contribution in [0.4, 0.5) is 0 Å². The van der Waals surface area contributed by atoms with Crippen LogP contribution in [0.3, 0.4) is 0 Å². The second-order valence-electron chi connectivity index (χ2n) is 3.84. The van der Waals surface area contributed by atoms with Crippen LogP contribution in [0.25, 0.3) is 5.57 Å². The Bertz CT molecular complexity index is 319. The molecule has 0 radical (unpaired) electrons. The van der Waals surface area contributed by atoms with Gasteiger partial charge in [-0.3, -0.25) is 0 Å². The highest BCUT2D eigenvalue weighted by atomic mass is 15.0. The molecule has 0 aliphatic carbocycles. The van der Waals surface area contributed by atoms with Crippen LogP contribution in [0.2, 0.25) is 0 Å². The number of aromatic nitrogens is 2. The normalized spacial score (nSPS) is 12.6. The van der Waals surface area contributed by atoms with Crippen molar-refractivity contribution in [3.63, 3.8) is 0 Å². The third-order valence-electron chi connectivity index (χ3n) is 2.21. The standard InChI is InChI=1S/C11H18N2/c1-8(2)6-9(3)11-7-12-10(4)13(11)5/h6-8H,1-5H3/b9-6+. The van der Waals surface area contributed by atoms with E-state index in [1.807, 2.05) is 13.1 Å². The molecule has 0 saturated carbocycles. The number of allylic oxidation sites excluding steroid dienone is 2. The summed E-state index contributed by atoms with van der Waals surface area (Å²) >= 11 is 0. The van der Waals surface area contributed by atoms with Crippen molar-refractivity contribution in [1.29, 1.82) is 0 Å². The second-order valence-corrected chi connectivity index (χ2v) is 3.84. The van der Waals surface area contributed by atoms with Gasteiger partial charge in [0.1, 0.15) is 5.82 Å². The summed E-state index contributed by atoms with van der Waals surface area (Å²) in [7, 11) is 2.05. The summed E-state index contributed by atoms with van der Waals surface area (Å²) in [5.41, 5.74) is 2.52. The summed E-state index contributed by atoms with van der Waals surface area (Å²) in [6.45, 7) is 8.53. The molecule has 0 bridgehead atoms. The molecule has 2 nitrogen and oxygen atoms in total. The maximum absolute atomic E-state index is 4.27. The van der Waals surface area contributed by atoms with E-state index >= 15 is 0 Å². The summed E-state index contributed by atoms with van der Waals surface area (Å²) in [5, 5.41) is 0. The van der Waals surface area contributed by atoms with Gasteiger partial charge in [-0.2, -0.15) is 0 Å². The predicted molar refractivity (Wildman–Crippen MR) is 56.4 cm³/mol. The lowest BCUT2D eigenvalue weighted by molar-refractivity contribution is 0.820. The Labute approximate surface area is 80.3 Å². The number of hydrogen-bond acceptors (Lipinski definition) is 1. The molecule has 1 heterocycles. The molecule has 13 heavy (non-hydrogen) atoms. The van der Waals surface area contributed by atoms with Crippen molar-refractivity contribution >= 4 is 5.57 Å². The van der Waals surface area contributed by atoms with Gasteiger partial charge in [0.05, 0.1) is 11.9 Å². The fraction of sp³-hybridized carbons (Fsp3) is 0.545. The highest BCUT2D eigenvalue weighted by Gasteiger charge is 2.04. The minimum absolute atomic E-state index is 0.593. The minimum Gasteiger partial charge on any atom is -0.332 e. The van der Waals surface area contributed by atoms with E-state index in [0.29, 0.717) is 5.92 Å². The zero-order valence-electron chi connectivity index (χ0n) is 9.13. The van der Waals surface area contributed by atoms with Gasteiger partial charge in [-0.1, -0.05) is 19.9 Å². The van der Waals surface area contributed by atoms with Gasteiger partial charge in [-0.15, -0.1) is 0 Å². The van der Waals surface area contributed by atoms with Gasteiger partial charge in [-0.25, -0.2) is 4.98 Å². The minimum atomic E-state index is 0.593. The number of aryl methyl sites for hydroxylation is 1. The van der Waals surface area contributed by atoms with Gasteiger partial charge in [-0.05, 0) is 25.3 Å². The fourth-order valence-corrected chi connectivity index (χ4v) is 1.45. The Kier molecular flexibility index (Phi) is 2.91. The Morgan fingerprint density at radius 3 is 2.54 bits per heavy atom. The molecule has 0 atom stereocenters. The molecule has 0 spiro atoms. The Hall–Kier alpha value is -1.05. The second kappa shape index (κ2) is 3.77. The molecule has 0 aliphatic rings. The van der Waals surface area contributed by atoms with Gasteiger partial charge in [0.25, 0.3) is 0 Å². The van der Waals surface area contributed by atoms with Crippen LogP contribution in [-0.2, 0) is 7.05 Å². The molecule has 0 amide bonds. The quantitative estimate of drug-likeness (QED) is 0.681. The molecular formula is C11H18N2. The van der Waals surface area contributed by atoms with Gasteiger partial charge in [0, 0.05) is 7.05 Å². The summed E-state index contributed by atoms with van der Waals surface area (Å²) in [4.78, 5) is 4.27. The topological polar surface area (TPSA) is 17.8 Å². The van der Waals surface area contributed by atoms with Crippen molar-refractivity contribution < 1.29 is 0 Å². The fourth-order valence-electron chi connectivity index (χ4n) is 1.45. The van der Waals surface area contributed by atoms with E-state index in [1.54, 1.807) is 0 Å². The van der Waals surface area contributed by atoms with Crippen LogP contribution < -0.4 is 0 Å². The zero-order chi connectivity index (χ0) is 10.0. The van der Waals surface area contributed by atoms with Crippen molar-refractivity contribution in [3.8, 4) is 0 Å². The van der Waals surface area contributed by atoms with Gasteiger partial charge >= 0.3 is 0 Å². The lowest BCUT2D eigenvalue weighted by atomic mass is 10.1. The van der Waals surface area contributed by atoms with E-state index in [2.05, 4.69) is 43.4 Å². The van der Waals surface area contributed by atoms with E-state index < -0.39 is 0 Å². The lowest BCUT2D eigenvalue weighted by Crippen LogP contribution is -1.97. The molecule has 0 fully saturated rings. The maximum atomic E-state index is 4.27. The van der Waals surface area contributed by atoms with Crippen LogP contribution in [0.15, 0.2) is 12.3 Å². The number of nitrogens with zero attached hydrogens (tertiary/aromatic N) is 2. The average Bonchev–Trinajstić information content (AvgIpc) is 2.31. The first-order valence-electron chi connectivity index (χ1n) is 4.69. The third kappa shape index (κ3) is 2.20. The molecule has 72 valence electrons. The molecule has 2 heteroatoms. The average molecular weight is 178 g/mol. The van der Waals surface area contributed by atoms with E-state index in [4.69, 9.17) is 0 Å². The molecule has 1 aromatic heterocycles. The van der Waals surface area contributed by atoms with Crippen molar-refractivity contribution in [3.05, 3.63) is 23.8 Å². The van der Waals surface area contributed by atoms with Crippen LogP contribution in [-0.4, -0.2) is 9.55 Å². The molecule has 1 rings (SSSR count). The Morgan fingerprint density at radius 1 is 1.54 bits per heavy atom. The number of imidazole rings is 1. The van der Waals surface area contributed by atoms with Crippen molar-refractivity contribution in [1.82, 2.24) is 9.55 Å². The first-order chi connectivity index (χ1) is 6.02. The molecule has 1 aromatic rings. The summed E-state index contributed by atoms with van der Waals surface area (Å²) in [6, 6.07) is 0. The Balaban J connectivity index is 3.02. The van der Waals surface area contributed by atoms with Crippen LogP contribution >= 0.6 is 0 Å². The van der Waals surface area contributed by atoms with E-state index in [-0.39, 0.29) is 0 Å². The first kappa shape index (κ1) is 10.0. The Morgan fingerprint density at radius 2 is 2.15 bits per heavy atom. The summed E-state index contributed by atoms with van der Waals surface area (Å²) in [5.74, 6) is 1.65. The third-order valence-corrected chi connectivity index (χ3v) is 2.21. The van der Waals surface area contributed by atoms with E-state index in [1.165, 1.54) is 11.3 Å². The largest absolute Gasteiger partial charge is 0.332 e. The van der Waals surface area contributed by atoms with Crippen LogP contribution in [0.5, 0.6) is 0 Å². The van der Waals surface area contributed by atoms with Gasteiger partial charge < -0.3 is 4.57 Å². The van der Waals surface area contributed by atoms with Crippen molar-refractivity contribution in [2.24, 2.45) is 13.0 Å². The van der Waals surface area contributed by atoms with E-state index in [0.717, 1.165) is 5.82 Å². The molecule has 0 aromatic carbocycles. The van der Waals surface area contributed by atoms with Crippen LogP contribution in [0.1, 0.15) is 32.3 Å². The van der Waals surface area contributed by atoms with Crippen molar-refractivity contribution in [2.45, 2.75) is 27.7 Å². The zero-order valence-corrected chi connectivity index (χ0v) is 9.13. The molecule has 0 saturated heterocycles. The molecule has 0 unspecified atom stereocenters. The monoisotopic (exact) mass is 178 g/mol. The van der Waals surface area contributed by atoms with Crippen molar-refractivity contribution in [2.75, 3.05) is 0 Å². The number of hydrogen-bond donors (Lipinski definition) is 0. The highest BCUT2D eigenvalue weighted by molar-refractivity contribution is 5.60. The molecule has 0 aliphatic heterocycles. The molecular weight excluding hydrogens is 160 g/mol. The highest BCUT2D eigenvalue weighted by Crippen LogP contribution is 2.16. The predicted octanol–water partition coefficient (Wildman–Crippen LogP) is 2.79.